The minimum absolute atomic E-state index is 0.113. The third-order valence-corrected chi connectivity index (χ3v) is 8.46. The average Bonchev–Trinajstić information content (AvgIpc) is 3.41. The average molecular weight is 528 g/mol. The van der Waals surface area contributed by atoms with E-state index in [2.05, 4.69) is 28.4 Å². The van der Waals surface area contributed by atoms with Crippen LogP contribution in [0.5, 0.6) is 5.75 Å². The molecule has 186 valence electrons. The van der Waals surface area contributed by atoms with Crippen LogP contribution in [-0.2, 0) is 11.3 Å². The first kappa shape index (κ1) is 24.8. The molecule has 1 amide bonds. The maximum atomic E-state index is 13.9. The molecular weight excluding hydrogens is 502 g/mol. The van der Waals surface area contributed by atoms with Gasteiger partial charge in [-0.3, -0.25) is 9.69 Å². The standard InChI is InChI=1S/C28H25N5O2S2/c1-4-30-20-14-13-18(16-29)15-21(20)31-28-33(17-19-9-5-7-11-23(19)35-3)26(34)25(37-28)27-32(2)22-10-6-8-12-24(22)36-27/h5-15,30H,4,17H2,1-3H3. The zero-order valence-corrected chi connectivity index (χ0v) is 22.3. The Balaban J connectivity index is 1.61. The molecule has 2 aliphatic heterocycles. The van der Waals surface area contributed by atoms with Gasteiger partial charge in [0.15, 0.2) is 5.17 Å². The van der Waals surface area contributed by atoms with Crippen LogP contribution in [0.4, 0.5) is 17.1 Å². The van der Waals surface area contributed by atoms with Crippen molar-refractivity contribution < 1.29 is 9.53 Å². The van der Waals surface area contributed by atoms with Gasteiger partial charge in [0.25, 0.3) is 5.91 Å². The minimum Gasteiger partial charge on any atom is -0.496 e. The molecule has 9 heteroatoms. The number of anilines is 2. The Hall–Kier alpha value is -3.87. The number of thioether (sulfide) groups is 2. The summed E-state index contributed by atoms with van der Waals surface area (Å²) >= 11 is 2.95. The van der Waals surface area contributed by atoms with Crippen LogP contribution in [0.15, 0.2) is 86.6 Å². The molecule has 2 heterocycles. The number of nitrogens with one attached hydrogen (secondary N) is 1. The summed E-state index contributed by atoms with van der Waals surface area (Å²) in [5.41, 5.74) is 3.88. The number of aliphatic imine (C=N–C) groups is 1. The molecule has 0 aromatic heterocycles. The van der Waals surface area contributed by atoms with E-state index in [9.17, 15) is 10.1 Å². The topological polar surface area (TPSA) is 81.0 Å². The van der Waals surface area contributed by atoms with Gasteiger partial charge in [0.1, 0.15) is 10.7 Å². The SMILES string of the molecule is CCNc1ccc(C#N)cc1N=C1SC(=C2Sc3ccccc3N2C)C(=O)N1Cc1ccccc1OC. The third-order valence-electron chi connectivity index (χ3n) is 6.03. The maximum Gasteiger partial charge on any atom is 0.269 e. The predicted molar refractivity (Wildman–Crippen MR) is 151 cm³/mol. The van der Waals surface area contributed by atoms with E-state index in [4.69, 9.17) is 9.73 Å². The number of rotatable bonds is 6. The molecule has 37 heavy (non-hydrogen) atoms. The molecule has 1 saturated heterocycles. The first-order valence-corrected chi connectivity index (χ1v) is 13.4. The second kappa shape index (κ2) is 10.6. The highest BCUT2D eigenvalue weighted by Gasteiger charge is 2.39. The predicted octanol–water partition coefficient (Wildman–Crippen LogP) is 6.17. The summed E-state index contributed by atoms with van der Waals surface area (Å²) in [7, 11) is 3.60. The highest BCUT2D eigenvalue weighted by Crippen LogP contribution is 2.50. The molecule has 0 spiro atoms. The number of nitriles is 1. The molecule has 5 rings (SSSR count). The molecule has 0 bridgehead atoms. The maximum absolute atomic E-state index is 13.9. The Morgan fingerprint density at radius 2 is 1.86 bits per heavy atom. The van der Waals surface area contributed by atoms with Gasteiger partial charge in [0, 0.05) is 24.1 Å². The van der Waals surface area contributed by atoms with E-state index < -0.39 is 0 Å². The fraction of sp³-hybridized carbons (Fsp3) is 0.179. The number of hydrogen-bond donors (Lipinski definition) is 1. The number of amidine groups is 1. The van der Waals surface area contributed by atoms with Crippen LogP contribution < -0.4 is 15.0 Å². The lowest BCUT2D eigenvalue weighted by Crippen LogP contribution is -2.29. The molecule has 3 aromatic carbocycles. The Kier molecular flexibility index (Phi) is 7.12. The number of nitrogens with zero attached hydrogens (tertiary/aromatic N) is 4. The highest BCUT2D eigenvalue weighted by molar-refractivity contribution is 8.19. The van der Waals surface area contributed by atoms with Gasteiger partial charge in [-0.1, -0.05) is 42.1 Å². The van der Waals surface area contributed by atoms with Gasteiger partial charge in [-0.25, -0.2) is 4.99 Å². The van der Waals surface area contributed by atoms with Crippen molar-refractivity contribution in [2.75, 3.05) is 30.9 Å². The van der Waals surface area contributed by atoms with Crippen LogP contribution >= 0.6 is 23.5 Å². The van der Waals surface area contributed by atoms with Crippen molar-refractivity contribution in [3.63, 3.8) is 0 Å². The van der Waals surface area contributed by atoms with E-state index in [1.165, 1.54) is 11.8 Å². The fourth-order valence-electron chi connectivity index (χ4n) is 4.20. The largest absolute Gasteiger partial charge is 0.496 e. The molecule has 2 aliphatic rings. The summed E-state index contributed by atoms with van der Waals surface area (Å²) in [5.74, 6) is 0.596. The number of carbonyl (C=O) groups is 1. The van der Waals surface area contributed by atoms with Crippen molar-refractivity contribution in [3.05, 3.63) is 87.8 Å². The number of hydrogen-bond acceptors (Lipinski definition) is 8. The van der Waals surface area contributed by atoms with Gasteiger partial charge >= 0.3 is 0 Å². The smallest absolute Gasteiger partial charge is 0.269 e. The second-order valence-electron chi connectivity index (χ2n) is 8.34. The molecule has 1 N–H and O–H groups in total. The van der Waals surface area contributed by atoms with Gasteiger partial charge in [-0.15, -0.1) is 0 Å². The molecular formula is C28H25N5O2S2. The quantitative estimate of drug-likeness (QED) is 0.384. The van der Waals surface area contributed by atoms with Crippen molar-refractivity contribution in [2.24, 2.45) is 4.99 Å². The monoisotopic (exact) mass is 527 g/mol. The summed E-state index contributed by atoms with van der Waals surface area (Å²) in [6.07, 6.45) is 0. The van der Waals surface area contributed by atoms with E-state index >= 15 is 0 Å². The Morgan fingerprint density at radius 1 is 1.08 bits per heavy atom. The molecule has 0 aliphatic carbocycles. The number of methoxy groups -OCH3 is 1. The molecule has 1 fully saturated rings. The van der Waals surface area contributed by atoms with Gasteiger partial charge in [0.05, 0.1) is 47.4 Å². The van der Waals surface area contributed by atoms with Gasteiger partial charge < -0.3 is 15.0 Å². The zero-order chi connectivity index (χ0) is 25.9. The van der Waals surface area contributed by atoms with Crippen molar-refractivity contribution in [3.8, 4) is 11.8 Å². The van der Waals surface area contributed by atoms with Crippen LogP contribution in [0.2, 0.25) is 0 Å². The van der Waals surface area contributed by atoms with Crippen molar-refractivity contribution in [1.29, 1.82) is 5.26 Å². The first-order chi connectivity index (χ1) is 18.0. The van der Waals surface area contributed by atoms with Gasteiger partial charge in [0.2, 0.25) is 0 Å². The molecule has 0 unspecified atom stereocenters. The lowest BCUT2D eigenvalue weighted by Gasteiger charge is -2.18. The number of benzene rings is 3. The normalized spacial score (nSPS) is 17.8. The summed E-state index contributed by atoms with van der Waals surface area (Å²) in [6.45, 7) is 3.02. The van der Waals surface area contributed by atoms with Crippen molar-refractivity contribution >= 4 is 51.7 Å². The number of ether oxygens (including phenoxy) is 1. The van der Waals surface area contributed by atoms with E-state index in [0.717, 1.165) is 26.9 Å². The number of fused-ring (bicyclic) bond motifs is 1. The highest BCUT2D eigenvalue weighted by atomic mass is 32.2. The van der Waals surface area contributed by atoms with E-state index in [0.29, 0.717) is 40.2 Å². The van der Waals surface area contributed by atoms with Gasteiger partial charge in [-0.05, 0) is 55.1 Å². The van der Waals surface area contributed by atoms with Crippen LogP contribution in [0.3, 0.4) is 0 Å². The number of para-hydroxylation sites is 2. The van der Waals surface area contributed by atoms with E-state index in [1.807, 2.05) is 56.4 Å². The summed E-state index contributed by atoms with van der Waals surface area (Å²) in [4.78, 5) is 24.4. The summed E-state index contributed by atoms with van der Waals surface area (Å²) in [6, 6.07) is 23.3. The lowest BCUT2D eigenvalue weighted by molar-refractivity contribution is -0.122. The Morgan fingerprint density at radius 3 is 2.62 bits per heavy atom. The van der Waals surface area contributed by atoms with E-state index in [1.54, 1.807) is 35.9 Å². The molecule has 0 atom stereocenters. The molecule has 0 saturated carbocycles. The van der Waals surface area contributed by atoms with E-state index in [-0.39, 0.29) is 5.91 Å². The molecule has 0 radical (unpaired) electrons. The van der Waals surface area contributed by atoms with Crippen LogP contribution in [-0.4, -0.2) is 36.7 Å². The first-order valence-electron chi connectivity index (χ1n) is 11.8. The Bertz CT molecular complexity index is 1480. The van der Waals surface area contributed by atoms with Crippen LogP contribution in [0.25, 0.3) is 0 Å². The number of carbonyl (C=O) groups excluding carboxylic acids is 1. The molecule has 7 nitrogen and oxygen atoms in total. The van der Waals surface area contributed by atoms with Gasteiger partial charge in [-0.2, -0.15) is 5.26 Å². The summed E-state index contributed by atoms with van der Waals surface area (Å²) < 4.78 is 5.56. The minimum atomic E-state index is -0.113. The zero-order valence-electron chi connectivity index (χ0n) is 20.7. The Labute approximate surface area is 224 Å². The summed E-state index contributed by atoms with van der Waals surface area (Å²) in [5, 5.41) is 14.2. The molecule has 3 aromatic rings. The van der Waals surface area contributed by atoms with Crippen molar-refractivity contribution in [1.82, 2.24) is 4.90 Å². The van der Waals surface area contributed by atoms with Crippen LogP contribution in [0.1, 0.15) is 18.1 Å². The third kappa shape index (κ3) is 4.78. The van der Waals surface area contributed by atoms with Crippen molar-refractivity contribution in [2.45, 2.75) is 18.4 Å². The van der Waals surface area contributed by atoms with Crippen LogP contribution in [0, 0.1) is 11.3 Å². The lowest BCUT2D eigenvalue weighted by atomic mass is 10.2. The number of amides is 1. The fourth-order valence-corrected chi connectivity index (χ4v) is 6.53. The second-order valence-corrected chi connectivity index (χ2v) is 10.3.